The molecule has 5 heteroatoms. The first kappa shape index (κ1) is 13.9. The monoisotopic (exact) mass is 329 g/mol. The molecule has 0 heterocycles. The molecule has 0 saturated carbocycles. The Kier molecular flexibility index (Phi) is 4.14. The molecule has 2 rings (SSSR count). The molecule has 1 nitrogen and oxygen atoms in total. The molecule has 1 N–H and O–H groups in total. The molecule has 0 aliphatic heterocycles. The number of benzene rings is 2. The molecule has 0 fully saturated rings. The summed E-state index contributed by atoms with van der Waals surface area (Å²) in [6, 6.07) is 7.07. The lowest BCUT2D eigenvalue weighted by Crippen LogP contribution is -2.06. The van der Waals surface area contributed by atoms with E-state index in [-0.39, 0.29) is 22.3 Å². The Bertz CT molecular complexity index is 614. The zero-order valence-electron chi connectivity index (χ0n) is 10.1. The minimum Gasteiger partial charge on any atom is -0.378 e. The van der Waals surface area contributed by atoms with Gasteiger partial charge in [0.15, 0.2) is 0 Å². The summed E-state index contributed by atoms with van der Waals surface area (Å²) in [5.74, 6) is -1.79. The third-order valence-electron chi connectivity index (χ3n) is 2.72. The van der Waals surface area contributed by atoms with E-state index in [0.29, 0.717) is 0 Å². The molecular formula is C14H11BrF3N. The average Bonchev–Trinajstić information content (AvgIpc) is 2.36. The standard InChI is InChI=1S/C14H11BrF3N/c1-8-2-5-13(12(17)6-8)19-7-9-11(16)4-3-10(15)14(9)18/h2-6,19H,7H2,1H3. The minimum absolute atomic E-state index is 0.128. The van der Waals surface area contributed by atoms with Gasteiger partial charge in [-0.1, -0.05) is 6.07 Å². The molecule has 0 aromatic heterocycles. The van der Waals surface area contributed by atoms with E-state index in [2.05, 4.69) is 21.2 Å². The molecule has 0 aliphatic carbocycles. The topological polar surface area (TPSA) is 12.0 Å². The quantitative estimate of drug-likeness (QED) is 0.798. The van der Waals surface area contributed by atoms with Crippen molar-refractivity contribution in [2.45, 2.75) is 13.5 Å². The van der Waals surface area contributed by atoms with E-state index in [9.17, 15) is 13.2 Å². The fourth-order valence-corrected chi connectivity index (χ4v) is 2.05. The van der Waals surface area contributed by atoms with Crippen LogP contribution in [0.25, 0.3) is 0 Å². The Morgan fingerprint density at radius 2 is 1.79 bits per heavy atom. The van der Waals surface area contributed by atoms with Gasteiger partial charge in [-0.25, -0.2) is 13.2 Å². The van der Waals surface area contributed by atoms with Crippen LogP contribution in [0.3, 0.4) is 0 Å². The van der Waals surface area contributed by atoms with E-state index < -0.39 is 17.5 Å². The molecule has 0 radical (unpaired) electrons. The minimum atomic E-state index is -0.681. The van der Waals surface area contributed by atoms with Crippen molar-refractivity contribution in [1.29, 1.82) is 0 Å². The Hall–Kier alpha value is -1.49. The van der Waals surface area contributed by atoms with Crippen LogP contribution in [0.5, 0.6) is 0 Å². The van der Waals surface area contributed by atoms with Gasteiger partial charge in [0, 0.05) is 12.1 Å². The molecule has 0 aliphatic rings. The average molecular weight is 330 g/mol. The molecule has 2 aromatic carbocycles. The van der Waals surface area contributed by atoms with E-state index in [1.54, 1.807) is 19.1 Å². The van der Waals surface area contributed by atoms with Gasteiger partial charge in [0.2, 0.25) is 0 Å². The number of halogens is 4. The van der Waals surface area contributed by atoms with Crippen LogP contribution in [0, 0.1) is 24.4 Å². The zero-order valence-corrected chi connectivity index (χ0v) is 11.7. The summed E-state index contributed by atoms with van der Waals surface area (Å²) >= 11 is 2.99. The van der Waals surface area contributed by atoms with Crippen LogP contribution >= 0.6 is 15.9 Å². The lowest BCUT2D eigenvalue weighted by molar-refractivity contribution is 0.555. The van der Waals surface area contributed by atoms with Gasteiger partial charge in [0.1, 0.15) is 17.5 Å². The van der Waals surface area contributed by atoms with E-state index in [0.717, 1.165) is 11.6 Å². The van der Waals surface area contributed by atoms with Crippen molar-refractivity contribution in [2.24, 2.45) is 0 Å². The maximum Gasteiger partial charge on any atom is 0.146 e. The molecule has 19 heavy (non-hydrogen) atoms. The fraction of sp³-hybridized carbons (Fsp3) is 0.143. The van der Waals surface area contributed by atoms with Crippen molar-refractivity contribution >= 4 is 21.6 Å². The Morgan fingerprint density at radius 1 is 1.05 bits per heavy atom. The highest BCUT2D eigenvalue weighted by atomic mass is 79.9. The lowest BCUT2D eigenvalue weighted by atomic mass is 10.1. The second kappa shape index (κ2) is 5.65. The van der Waals surface area contributed by atoms with Crippen LogP contribution in [-0.2, 0) is 6.54 Å². The highest BCUT2D eigenvalue weighted by molar-refractivity contribution is 9.10. The molecular weight excluding hydrogens is 319 g/mol. The molecule has 0 saturated heterocycles. The highest BCUT2D eigenvalue weighted by Gasteiger charge is 2.12. The third kappa shape index (κ3) is 3.10. The summed E-state index contributed by atoms with van der Waals surface area (Å²) in [4.78, 5) is 0. The summed E-state index contributed by atoms with van der Waals surface area (Å²) in [5.41, 5.74) is 0.863. The van der Waals surface area contributed by atoms with Gasteiger partial charge < -0.3 is 5.32 Å². The highest BCUT2D eigenvalue weighted by Crippen LogP contribution is 2.23. The lowest BCUT2D eigenvalue weighted by Gasteiger charge is -2.10. The van der Waals surface area contributed by atoms with Crippen LogP contribution in [0.15, 0.2) is 34.8 Å². The molecule has 100 valence electrons. The molecule has 0 atom stereocenters. The molecule has 2 aromatic rings. The largest absolute Gasteiger partial charge is 0.378 e. The first-order chi connectivity index (χ1) is 8.99. The van der Waals surface area contributed by atoms with Gasteiger partial charge in [-0.15, -0.1) is 0 Å². The van der Waals surface area contributed by atoms with Crippen LogP contribution in [0.4, 0.5) is 18.9 Å². The van der Waals surface area contributed by atoms with Gasteiger partial charge in [-0.2, -0.15) is 0 Å². The molecule has 0 spiro atoms. The normalized spacial score (nSPS) is 10.6. The number of rotatable bonds is 3. The maximum atomic E-state index is 13.7. The SMILES string of the molecule is Cc1ccc(NCc2c(F)ccc(Br)c2F)c(F)c1. The molecule has 0 unspecified atom stereocenters. The van der Waals surface area contributed by atoms with Crippen LogP contribution in [0.2, 0.25) is 0 Å². The Balaban J connectivity index is 2.21. The first-order valence-corrected chi connectivity index (χ1v) is 6.40. The van der Waals surface area contributed by atoms with E-state index in [1.165, 1.54) is 12.1 Å². The number of anilines is 1. The van der Waals surface area contributed by atoms with Crippen molar-refractivity contribution in [3.05, 3.63) is 63.4 Å². The van der Waals surface area contributed by atoms with Crippen molar-refractivity contribution < 1.29 is 13.2 Å². The van der Waals surface area contributed by atoms with Gasteiger partial charge in [-0.3, -0.25) is 0 Å². The van der Waals surface area contributed by atoms with E-state index >= 15 is 0 Å². The van der Waals surface area contributed by atoms with Crippen molar-refractivity contribution in [3.8, 4) is 0 Å². The van der Waals surface area contributed by atoms with Crippen molar-refractivity contribution in [1.82, 2.24) is 0 Å². The molecule has 0 amide bonds. The number of nitrogens with one attached hydrogen (secondary N) is 1. The summed E-state index contributed by atoms with van der Waals surface area (Å²) in [7, 11) is 0. The van der Waals surface area contributed by atoms with Crippen LogP contribution in [0.1, 0.15) is 11.1 Å². The number of aryl methyl sites for hydroxylation is 1. The first-order valence-electron chi connectivity index (χ1n) is 5.61. The second-order valence-electron chi connectivity index (χ2n) is 4.16. The van der Waals surface area contributed by atoms with Gasteiger partial charge in [-0.05, 0) is 52.7 Å². The van der Waals surface area contributed by atoms with Crippen molar-refractivity contribution in [2.75, 3.05) is 5.32 Å². The number of hydrogen-bond acceptors (Lipinski definition) is 1. The Labute approximate surface area is 117 Å². The van der Waals surface area contributed by atoms with Gasteiger partial charge in [0.25, 0.3) is 0 Å². The van der Waals surface area contributed by atoms with Crippen LogP contribution in [-0.4, -0.2) is 0 Å². The van der Waals surface area contributed by atoms with Crippen LogP contribution < -0.4 is 5.32 Å². The summed E-state index contributed by atoms with van der Waals surface area (Å²) < 4.78 is 41.0. The summed E-state index contributed by atoms with van der Waals surface area (Å²) in [5, 5.41) is 2.69. The third-order valence-corrected chi connectivity index (χ3v) is 3.33. The number of hydrogen-bond donors (Lipinski definition) is 1. The predicted molar refractivity (Wildman–Crippen MR) is 72.5 cm³/mol. The van der Waals surface area contributed by atoms with Gasteiger partial charge in [0.05, 0.1) is 10.2 Å². The Morgan fingerprint density at radius 3 is 2.47 bits per heavy atom. The van der Waals surface area contributed by atoms with Crippen molar-refractivity contribution in [3.63, 3.8) is 0 Å². The van der Waals surface area contributed by atoms with E-state index in [4.69, 9.17) is 0 Å². The predicted octanol–water partition coefficient (Wildman–Crippen LogP) is 4.79. The molecule has 0 bridgehead atoms. The smallest absolute Gasteiger partial charge is 0.146 e. The zero-order chi connectivity index (χ0) is 14.0. The van der Waals surface area contributed by atoms with E-state index in [1.807, 2.05) is 0 Å². The van der Waals surface area contributed by atoms with Gasteiger partial charge >= 0.3 is 0 Å². The fourth-order valence-electron chi connectivity index (χ4n) is 1.68. The second-order valence-corrected chi connectivity index (χ2v) is 5.01. The summed E-state index contributed by atoms with van der Waals surface area (Å²) in [6.45, 7) is 1.64. The maximum absolute atomic E-state index is 13.7. The summed E-state index contributed by atoms with van der Waals surface area (Å²) in [6.07, 6.45) is 0.